The molecule has 0 spiro atoms. The molecule has 0 saturated carbocycles. The number of hydrogen-bond donors (Lipinski definition) is 0. The number of allylic oxidation sites excluding steroid dienone is 1. The lowest BCUT2D eigenvalue weighted by Crippen LogP contribution is -2.17. The summed E-state index contributed by atoms with van der Waals surface area (Å²) in [4.78, 5) is 12.8. The number of carbonyl (C=O) groups excluding carboxylic acids is 1. The molecule has 0 unspecified atom stereocenters. The average Bonchev–Trinajstić information content (AvgIpc) is 3.02. The van der Waals surface area contributed by atoms with E-state index >= 15 is 0 Å². The fourth-order valence-electron chi connectivity index (χ4n) is 3.52. The van der Waals surface area contributed by atoms with Crippen molar-refractivity contribution in [3.63, 3.8) is 0 Å². The third kappa shape index (κ3) is 2.33. The number of rotatable bonds is 5. The van der Waals surface area contributed by atoms with Crippen molar-refractivity contribution in [2.75, 3.05) is 13.2 Å². The molecule has 1 fully saturated rings. The van der Waals surface area contributed by atoms with Crippen molar-refractivity contribution in [1.82, 2.24) is 0 Å². The average molecular weight is 270 g/mol. The number of carbonyl (C=O) groups is 1. The van der Waals surface area contributed by atoms with E-state index in [0.717, 1.165) is 24.0 Å². The van der Waals surface area contributed by atoms with Crippen LogP contribution in [0.15, 0.2) is 41.5 Å². The van der Waals surface area contributed by atoms with Gasteiger partial charge >= 0.3 is 0 Å². The van der Waals surface area contributed by atoms with Gasteiger partial charge in [0.15, 0.2) is 5.78 Å². The van der Waals surface area contributed by atoms with Gasteiger partial charge in [-0.25, -0.2) is 0 Å². The fourth-order valence-corrected chi connectivity index (χ4v) is 3.52. The lowest BCUT2D eigenvalue weighted by atomic mass is 9.86. The minimum absolute atomic E-state index is 0.00493. The molecule has 1 saturated heterocycles. The van der Waals surface area contributed by atoms with Crippen LogP contribution in [-0.2, 0) is 9.53 Å². The van der Waals surface area contributed by atoms with Gasteiger partial charge in [-0.15, -0.1) is 0 Å². The highest BCUT2D eigenvalue weighted by Crippen LogP contribution is 2.45. The summed E-state index contributed by atoms with van der Waals surface area (Å²) in [5, 5.41) is 0. The number of ketones is 1. The lowest BCUT2D eigenvalue weighted by Gasteiger charge is -2.16. The Kier molecular flexibility index (Phi) is 4.02. The van der Waals surface area contributed by atoms with Crippen molar-refractivity contribution in [3.05, 3.63) is 47.0 Å². The van der Waals surface area contributed by atoms with Crippen LogP contribution < -0.4 is 0 Å². The first-order valence-corrected chi connectivity index (χ1v) is 7.71. The van der Waals surface area contributed by atoms with Crippen molar-refractivity contribution in [2.24, 2.45) is 5.92 Å². The Hall–Kier alpha value is -1.41. The third-order valence-electron chi connectivity index (χ3n) is 4.56. The molecular formula is C18H22O2. The highest BCUT2D eigenvalue weighted by Gasteiger charge is 2.44. The van der Waals surface area contributed by atoms with Crippen molar-refractivity contribution < 1.29 is 9.53 Å². The highest BCUT2D eigenvalue weighted by atomic mass is 16.5. The molecule has 0 aromatic heterocycles. The number of benzene rings is 1. The Morgan fingerprint density at radius 2 is 2.00 bits per heavy atom. The molecule has 0 radical (unpaired) electrons. The van der Waals surface area contributed by atoms with Gasteiger partial charge in [-0.2, -0.15) is 0 Å². The fraction of sp³-hybridized carbons (Fsp3) is 0.500. The second kappa shape index (κ2) is 5.92. The van der Waals surface area contributed by atoms with Gasteiger partial charge in [0.2, 0.25) is 0 Å². The summed E-state index contributed by atoms with van der Waals surface area (Å²) >= 11 is 0. The van der Waals surface area contributed by atoms with Crippen LogP contribution in [0.1, 0.15) is 44.1 Å². The van der Waals surface area contributed by atoms with E-state index in [2.05, 4.69) is 19.1 Å². The highest BCUT2D eigenvalue weighted by molar-refractivity contribution is 6.04. The van der Waals surface area contributed by atoms with E-state index in [1.54, 1.807) is 0 Å². The van der Waals surface area contributed by atoms with E-state index in [4.69, 9.17) is 4.74 Å². The Morgan fingerprint density at radius 3 is 2.75 bits per heavy atom. The Balaban J connectivity index is 1.85. The van der Waals surface area contributed by atoms with Crippen LogP contribution in [0.3, 0.4) is 0 Å². The lowest BCUT2D eigenvalue weighted by molar-refractivity contribution is -0.117. The second-order valence-corrected chi connectivity index (χ2v) is 5.84. The minimum Gasteiger partial charge on any atom is -0.376 e. The smallest absolute Gasteiger partial charge is 0.167 e. The van der Waals surface area contributed by atoms with E-state index < -0.39 is 0 Å². The van der Waals surface area contributed by atoms with Gasteiger partial charge in [0.1, 0.15) is 0 Å². The summed E-state index contributed by atoms with van der Waals surface area (Å²) in [6.45, 7) is 3.57. The van der Waals surface area contributed by atoms with E-state index in [1.807, 2.05) is 18.2 Å². The molecule has 2 heteroatoms. The summed E-state index contributed by atoms with van der Waals surface area (Å²) in [6.07, 6.45) is 4.45. The molecule has 0 bridgehead atoms. The number of Topliss-reactive ketones (excluding diaryl/α,β-unsaturated/α-hetero) is 1. The molecule has 1 aromatic carbocycles. The topological polar surface area (TPSA) is 26.3 Å². The predicted molar refractivity (Wildman–Crippen MR) is 79.7 cm³/mol. The van der Waals surface area contributed by atoms with Crippen molar-refractivity contribution in [3.8, 4) is 0 Å². The van der Waals surface area contributed by atoms with Crippen molar-refractivity contribution in [2.45, 2.75) is 38.5 Å². The molecule has 1 aromatic rings. The Morgan fingerprint density at radius 1 is 1.20 bits per heavy atom. The first-order chi connectivity index (χ1) is 9.83. The first-order valence-electron chi connectivity index (χ1n) is 7.71. The SMILES string of the molecule is CCCCCC1=C2COC[C@@H]2[C@H](c2ccccc2)C1=O. The third-order valence-corrected chi connectivity index (χ3v) is 4.56. The van der Waals surface area contributed by atoms with Crippen LogP contribution in [0.4, 0.5) is 0 Å². The van der Waals surface area contributed by atoms with E-state index in [0.29, 0.717) is 24.9 Å². The molecule has 1 aliphatic carbocycles. The number of ether oxygens (including phenoxy) is 1. The Labute approximate surface area is 120 Å². The molecule has 1 aliphatic heterocycles. The number of unbranched alkanes of at least 4 members (excludes halogenated alkanes) is 2. The molecule has 0 amide bonds. The summed E-state index contributed by atoms with van der Waals surface area (Å²) in [7, 11) is 0. The quantitative estimate of drug-likeness (QED) is 0.759. The maximum Gasteiger partial charge on any atom is 0.167 e. The van der Waals surface area contributed by atoms with E-state index in [-0.39, 0.29) is 5.92 Å². The molecule has 2 aliphatic rings. The van der Waals surface area contributed by atoms with Crippen LogP contribution in [0.5, 0.6) is 0 Å². The van der Waals surface area contributed by atoms with E-state index in [1.165, 1.54) is 18.4 Å². The molecule has 106 valence electrons. The largest absolute Gasteiger partial charge is 0.376 e. The van der Waals surface area contributed by atoms with Gasteiger partial charge in [0.05, 0.1) is 19.1 Å². The van der Waals surface area contributed by atoms with E-state index in [9.17, 15) is 4.79 Å². The molecule has 0 N–H and O–H groups in total. The van der Waals surface area contributed by atoms with Gasteiger partial charge in [0.25, 0.3) is 0 Å². The predicted octanol–water partition coefficient (Wildman–Crippen LogP) is 3.88. The van der Waals surface area contributed by atoms with Crippen LogP contribution in [0, 0.1) is 5.92 Å². The first kappa shape index (κ1) is 13.6. The monoisotopic (exact) mass is 270 g/mol. The molecule has 2 nitrogen and oxygen atoms in total. The minimum atomic E-state index is 0.00493. The summed E-state index contributed by atoms with van der Waals surface area (Å²) < 4.78 is 5.64. The van der Waals surface area contributed by atoms with Gasteiger partial charge in [-0.05, 0) is 29.6 Å². The van der Waals surface area contributed by atoms with Crippen LogP contribution in [0.2, 0.25) is 0 Å². The zero-order chi connectivity index (χ0) is 13.9. The zero-order valence-electron chi connectivity index (χ0n) is 12.1. The summed E-state index contributed by atoms with van der Waals surface area (Å²) in [6, 6.07) is 10.2. The summed E-state index contributed by atoms with van der Waals surface area (Å²) in [5.74, 6) is 0.655. The van der Waals surface area contributed by atoms with Crippen LogP contribution in [-0.4, -0.2) is 19.0 Å². The van der Waals surface area contributed by atoms with Crippen molar-refractivity contribution >= 4 is 5.78 Å². The van der Waals surface area contributed by atoms with Gasteiger partial charge in [-0.1, -0.05) is 50.1 Å². The van der Waals surface area contributed by atoms with Crippen LogP contribution >= 0.6 is 0 Å². The summed E-state index contributed by atoms with van der Waals surface area (Å²) in [5.41, 5.74) is 3.52. The van der Waals surface area contributed by atoms with Gasteiger partial charge < -0.3 is 4.74 Å². The number of fused-ring (bicyclic) bond motifs is 1. The molecule has 20 heavy (non-hydrogen) atoms. The molecule has 3 rings (SSSR count). The van der Waals surface area contributed by atoms with Crippen LogP contribution in [0.25, 0.3) is 0 Å². The molecule has 2 atom stereocenters. The maximum absolute atomic E-state index is 12.8. The molecule has 1 heterocycles. The standard InChI is InChI=1S/C18H22O2/c1-2-3-5-10-14-15-11-20-12-16(15)17(18(14)19)13-8-6-4-7-9-13/h4,6-9,16-17H,2-3,5,10-12H2,1H3/t16-,17-/m0/s1. The van der Waals surface area contributed by atoms with Gasteiger partial charge in [-0.3, -0.25) is 4.79 Å². The Bertz CT molecular complexity index is 515. The maximum atomic E-state index is 12.8. The zero-order valence-corrected chi connectivity index (χ0v) is 12.1. The second-order valence-electron chi connectivity index (χ2n) is 5.84. The normalized spacial score (nSPS) is 25.4. The van der Waals surface area contributed by atoms with Crippen molar-refractivity contribution in [1.29, 1.82) is 0 Å². The number of hydrogen-bond acceptors (Lipinski definition) is 2. The molecular weight excluding hydrogens is 248 g/mol. The van der Waals surface area contributed by atoms with Gasteiger partial charge in [0, 0.05) is 5.92 Å².